The van der Waals surface area contributed by atoms with E-state index in [4.69, 9.17) is 5.11 Å². The van der Waals surface area contributed by atoms with Gasteiger partial charge in [-0.25, -0.2) is 0 Å². The molecule has 1 aliphatic heterocycles. The van der Waals surface area contributed by atoms with E-state index < -0.39 is 29.3 Å². The molecule has 2 rings (SSSR count). The molecule has 1 saturated heterocycles. The number of aliphatic carboxylic acids is 1. The molecule has 1 aromatic rings. The first-order chi connectivity index (χ1) is 10.8. The predicted octanol–water partition coefficient (Wildman–Crippen LogP) is 2.82. The minimum Gasteiger partial charge on any atom is -0.481 e. The van der Waals surface area contributed by atoms with Crippen LogP contribution in [0.5, 0.6) is 0 Å². The standard InChI is InChI=1S/C15H17F3N2O3/c16-15(17,18)13-11(4-1-7-19-13)14(23)20-8-2-3-10(9-20)5-6-12(21)22/h1,4,7,10H,2-3,5-6,8-9H2,(H,21,22)/t10-/m1/s1. The fourth-order valence-electron chi connectivity index (χ4n) is 2.79. The SMILES string of the molecule is O=C(O)CC[C@H]1CCCN(C(=O)c2cccnc2C(F)(F)F)C1. The summed E-state index contributed by atoms with van der Waals surface area (Å²) < 4.78 is 38.9. The van der Waals surface area contributed by atoms with Crippen molar-refractivity contribution in [2.45, 2.75) is 31.9 Å². The summed E-state index contributed by atoms with van der Waals surface area (Å²) in [6, 6.07) is 2.42. The van der Waals surface area contributed by atoms with E-state index in [1.807, 2.05) is 0 Å². The first kappa shape index (κ1) is 17.2. The first-order valence-corrected chi connectivity index (χ1v) is 7.32. The van der Waals surface area contributed by atoms with Crippen LogP contribution in [0, 0.1) is 5.92 Å². The number of likely N-dealkylation sites (tertiary alicyclic amines) is 1. The van der Waals surface area contributed by atoms with E-state index in [9.17, 15) is 22.8 Å². The lowest BCUT2D eigenvalue weighted by atomic mass is 9.93. The van der Waals surface area contributed by atoms with Gasteiger partial charge in [-0.3, -0.25) is 14.6 Å². The minimum absolute atomic E-state index is 0.00481. The van der Waals surface area contributed by atoms with Crippen LogP contribution in [-0.4, -0.2) is 40.0 Å². The molecule has 1 aromatic heterocycles. The third kappa shape index (κ3) is 4.43. The summed E-state index contributed by atoms with van der Waals surface area (Å²) >= 11 is 0. The van der Waals surface area contributed by atoms with E-state index in [-0.39, 0.29) is 18.9 Å². The topological polar surface area (TPSA) is 70.5 Å². The fraction of sp³-hybridized carbons (Fsp3) is 0.533. The summed E-state index contributed by atoms with van der Waals surface area (Å²) in [5.41, 5.74) is -1.64. The molecular weight excluding hydrogens is 313 g/mol. The fourth-order valence-corrected chi connectivity index (χ4v) is 2.79. The second-order valence-corrected chi connectivity index (χ2v) is 5.59. The van der Waals surface area contributed by atoms with Crippen molar-refractivity contribution >= 4 is 11.9 Å². The van der Waals surface area contributed by atoms with Gasteiger partial charge in [-0.1, -0.05) is 0 Å². The molecule has 0 unspecified atom stereocenters. The molecule has 1 amide bonds. The summed E-state index contributed by atoms with van der Waals surface area (Å²) in [5, 5.41) is 8.71. The van der Waals surface area contributed by atoms with Gasteiger partial charge in [0, 0.05) is 25.7 Å². The maximum Gasteiger partial charge on any atom is 0.434 e. The van der Waals surface area contributed by atoms with Crippen molar-refractivity contribution in [3.8, 4) is 0 Å². The van der Waals surface area contributed by atoms with Crippen LogP contribution >= 0.6 is 0 Å². The molecule has 0 radical (unpaired) electrons. The van der Waals surface area contributed by atoms with Crippen molar-refractivity contribution in [1.29, 1.82) is 0 Å². The van der Waals surface area contributed by atoms with Crippen molar-refractivity contribution in [1.82, 2.24) is 9.88 Å². The average molecular weight is 330 g/mol. The zero-order chi connectivity index (χ0) is 17.0. The normalized spacial score (nSPS) is 18.7. The molecule has 0 spiro atoms. The Hall–Kier alpha value is -2.12. The zero-order valence-electron chi connectivity index (χ0n) is 12.3. The Morgan fingerprint density at radius 2 is 2.13 bits per heavy atom. The molecule has 8 heteroatoms. The average Bonchev–Trinajstić information content (AvgIpc) is 2.51. The van der Waals surface area contributed by atoms with Crippen LogP contribution in [0.15, 0.2) is 18.3 Å². The third-order valence-electron chi connectivity index (χ3n) is 3.88. The number of pyridine rings is 1. The largest absolute Gasteiger partial charge is 0.481 e. The Morgan fingerprint density at radius 1 is 1.39 bits per heavy atom. The maximum atomic E-state index is 13.0. The van der Waals surface area contributed by atoms with E-state index in [2.05, 4.69) is 4.98 Å². The number of carboxylic acid groups (broad SMARTS) is 1. The van der Waals surface area contributed by atoms with Gasteiger partial charge in [0.15, 0.2) is 5.69 Å². The molecule has 0 saturated carbocycles. The van der Waals surface area contributed by atoms with Crippen molar-refractivity contribution in [2.24, 2.45) is 5.92 Å². The molecule has 126 valence electrons. The van der Waals surface area contributed by atoms with Gasteiger partial charge in [0.25, 0.3) is 5.91 Å². The second kappa shape index (κ2) is 6.97. The van der Waals surface area contributed by atoms with Crippen molar-refractivity contribution < 1.29 is 27.9 Å². The van der Waals surface area contributed by atoms with Crippen LogP contribution in [-0.2, 0) is 11.0 Å². The quantitative estimate of drug-likeness (QED) is 0.921. The summed E-state index contributed by atoms with van der Waals surface area (Å²) in [7, 11) is 0. The molecule has 5 nitrogen and oxygen atoms in total. The van der Waals surface area contributed by atoms with Gasteiger partial charge in [0.05, 0.1) is 5.56 Å². The number of carboxylic acids is 1. The number of alkyl halides is 3. The number of hydrogen-bond donors (Lipinski definition) is 1. The van der Waals surface area contributed by atoms with Gasteiger partial charge in [0.2, 0.25) is 0 Å². The zero-order valence-corrected chi connectivity index (χ0v) is 12.3. The number of carbonyl (C=O) groups is 2. The Balaban J connectivity index is 2.13. The number of hydrogen-bond acceptors (Lipinski definition) is 3. The van der Waals surface area contributed by atoms with Crippen LogP contribution in [0.25, 0.3) is 0 Å². The van der Waals surface area contributed by atoms with E-state index >= 15 is 0 Å². The lowest BCUT2D eigenvalue weighted by Gasteiger charge is -2.33. The summed E-state index contributed by atoms with van der Waals surface area (Å²) in [6.45, 7) is 0.646. The number of rotatable bonds is 4. The van der Waals surface area contributed by atoms with E-state index in [0.717, 1.165) is 18.7 Å². The van der Waals surface area contributed by atoms with Gasteiger partial charge in [-0.2, -0.15) is 13.2 Å². The Morgan fingerprint density at radius 3 is 2.78 bits per heavy atom. The smallest absolute Gasteiger partial charge is 0.434 e. The van der Waals surface area contributed by atoms with E-state index in [1.54, 1.807) is 0 Å². The highest BCUT2D eigenvalue weighted by Gasteiger charge is 2.38. The Labute approximate surface area is 131 Å². The van der Waals surface area contributed by atoms with Gasteiger partial charge >= 0.3 is 12.1 Å². The second-order valence-electron chi connectivity index (χ2n) is 5.59. The highest BCUT2D eigenvalue weighted by Crippen LogP contribution is 2.31. The van der Waals surface area contributed by atoms with Gasteiger partial charge in [0.1, 0.15) is 0 Å². The molecular formula is C15H17F3N2O3. The molecule has 23 heavy (non-hydrogen) atoms. The summed E-state index contributed by atoms with van der Waals surface area (Å²) in [4.78, 5) is 27.7. The molecule has 0 aromatic carbocycles. The Kier molecular flexibility index (Phi) is 5.23. The van der Waals surface area contributed by atoms with Crippen LogP contribution in [0.2, 0.25) is 0 Å². The third-order valence-corrected chi connectivity index (χ3v) is 3.88. The van der Waals surface area contributed by atoms with E-state index in [1.165, 1.54) is 11.0 Å². The van der Waals surface area contributed by atoms with Crippen molar-refractivity contribution in [3.05, 3.63) is 29.6 Å². The summed E-state index contributed by atoms with van der Waals surface area (Å²) in [5.74, 6) is -1.62. The molecule has 1 atom stereocenters. The number of carbonyl (C=O) groups excluding carboxylic acids is 1. The highest BCUT2D eigenvalue weighted by atomic mass is 19.4. The number of amides is 1. The van der Waals surface area contributed by atoms with Crippen LogP contribution < -0.4 is 0 Å². The summed E-state index contributed by atoms with van der Waals surface area (Å²) in [6.07, 6.45) is -1.85. The monoisotopic (exact) mass is 330 g/mol. The lowest BCUT2D eigenvalue weighted by Crippen LogP contribution is -2.40. The van der Waals surface area contributed by atoms with Gasteiger partial charge in [-0.05, 0) is 37.3 Å². The Bertz CT molecular complexity index is 590. The molecule has 0 bridgehead atoms. The molecule has 1 aliphatic rings. The van der Waals surface area contributed by atoms with Crippen LogP contribution in [0.1, 0.15) is 41.7 Å². The molecule has 1 fully saturated rings. The van der Waals surface area contributed by atoms with Gasteiger partial charge in [-0.15, -0.1) is 0 Å². The number of piperidine rings is 1. The minimum atomic E-state index is -4.69. The maximum absolute atomic E-state index is 13.0. The van der Waals surface area contributed by atoms with Crippen molar-refractivity contribution in [3.63, 3.8) is 0 Å². The predicted molar refractivity (Wildman–Crippen MR) is 74.7 cm³/mol. The van der Waals surface area contributed by atoms with Crippen LogP contribution in [0.4, 0.5) is 13.2 Å². The lowest BCUT2D eigenvalue weighted by molar-refractivity contribution is -0.141. The molecule has 2 heterocycles. The first-order valence-electron chi connectivity index (χ1n) is 7.32. The van der Waals surface area contributed by atoms with Crippen LogP contribution in [0.3, 0.4) is 0 Å². The van der Waals surface area contributed by atoms with E-state index in [0.29, 0.717) is 19.4 Å². The number of halogens is 3. The number of aromatic nitrogens is 1. The number of nitrogens with zero attached hydrogens (tertiary/aromatic N) is 2. The highest BCUT2D eigenvalue weighted by molar-refractivity contribution is 5.95. The molecule has 1 N–H and O–H groups in total. The molecule has 0 aliphatic carbocycles. The van der Waals surface area contributed by atoms with Gasteiger partial charge < -0.3 is 10.0 Å². The van der Waals surface area contributed by atoms with Crippen molar-refractivity contribution in [2.75, 3.05) is 13.1 Å².